The van der Waals surface area contributed by atoms with Crippen molar-refractivity contribution in [2.75, 3.05) is 5.32 Å². The average molecular weight is 317 g/mol. The molecule has 0 radical (unpaired) electrons. The Labute approximate surface area is 107 Å². The maximum atomic E-state index is 11.6. The van der Waals surface area contributed by atoms with Crippen molar-refractivity contribution in [1.82, 2.24) is 4.98 Å². The molecule has 0 saturated heterocycles. The Kier molecular flexibility index (Phi) is 3.25. The number of carbonyl (C=O) groups is 2. The second kappa shape index (κ2) is 4.68. The maximum Gasteiger partial charge on any atom is 0.338 e. The van der Waals surface area contributed by atoms with E-state index in [4.69, 9.17) is 9.52 Å². The minimum Gasteiger partial charge on any atom is -0.478 e. The Morgan fingerprint density at radius 2 is 2.29 bits per heavy atom. The summed E-state index contributed by atoms with van der Waals surface area (Å²) in [4.78, 5) is 26.1. The number of furan rings is 1. The van der Waals surface area contributed by atoms with E-state index >= 15 is 0 Å². The molecule has 0 aromatic carbocycles. The van der Waals surface area contributed by atoms with Gasteiger partial charge in [-0.2, -0.15) is 0 Å². The van der Waals surface area contributed by atoms with E-state index in [2.05, 4.69) is 26.2 Å². The molecule has 88 valence electrons. The topological polar surface area (TPSA) is 92.4 Å². The molecule has 2 aromatic rings. The van der Waals surface area contributed by atoms with Gasteiger partial charge in [-0.15, -0.1) is 0 Å². The summed E-state index contributed by atoms with van der Waals surface area (Å²) in [6.07, 6.45) is 2.56. The summed E-state index contributed by atoms with van der Waals surface area (Å²) in [5.74, 6) is -1.77. The molecule has 0 atom stereocenters. The first-order valence-electron chi connectivity index (χ1n) is 4.31. The molecule has 0 aliphatic heterocycles. The Hall–Kier alpha value is -1.67. The van der Waals surface area contributed by atoms with Crippen molar-refractivity contribution in [1.29, 1.82) is 0 Å². The van der Waals surface area contributed by atoms with E-state index in [1.165, 1.54) is 11.3 Å². The highest BCUT2D eigenvalue weighted by atomic mass is 79.9. The summed E-state index contributed by atoms with van der Waals surface area (Å²) in [7, 11) is 0. The predicted octanol–water partition coefficient (Wildman–Crippen LogP) is 2.45. The van der Waals surface area contributed by atoms with Gasteiger partial charge in [-0.3, -0.25) is 10.1 Å². The van der Waals surface area contributed by atoms with Crippen LogP contribution in [-0.2, 0) is 0 Å². The molecule has 0 fully saturated rings. The van der Waals surface area contributed by atoms with Gasteiger partial charge in [0, 0.05) is 6.07 Å². The number of carboxylic acid groups (broad SMARTS) is 1. The van der Waals surface area contributed by atoms with Crippen LogP contribution in [0.3, 0.4) is 0 Å². The van der Waals surface area contributed by atoms with Gasteiger partial charge in [0.2, 0.25) is 0 Å². The number of halogens is 1. The van der Waals surface area contributed by atoms with Gasteiger partial charge < -0.3 is 9.52 Å². The summed E-state index contributed by atoms with van der Waals surface area (Å²) >= 11 is 4.44. The van der Waals surface area contributed by atoms with Crippen molar-refractivity contribution in [3.63, 3.8) is 0 Å². The van der Waals surface area contributed by atoms with Crippen LogP contribution in [0.15, 0.2) is 26.7 Å². The van der Waals surface area contributed by atoms with Gasteiger partial charge in [0.05, 0.1) is 15.5 Å². The molecular weight excluding hydrogens is 312 g/mol. The van der Waals surface area contributed by atoms with Crippen LogP contribution in [0.25, 0.3) is 0 Å². The van der Waals surface area contributed by atoms with E-state index < -0.39 is 11.9 Å². The quantitative estimate of drug-likeness (QED) is 0.907. The second-order valence-corrected chi connectivity index (χ2v) is 5.34. The maximum absolute atomic E-state index is 11.6. The monoisotopic (exact) mass is 316 g/mol. The minimum absolute atomic E-state index is 0.0736. The zero-order valence-corrected chi connectivity index (χ0v) is 10.5. The van der Waals surface area contributed by atoms with E-state index in [-0.39, 0.29) is 11.3 Å². The molecule has 2 heterocycles. The molecule has 1 amide bonds. The fraction of sp³-hybridized carbons (Fsp3) is 0. The highest BCUT2D eigenvalue weighted by Gasteiger charge is 2.15. The SMILES string of the molecule is O=C(O)c1coc(C(=O)Nc2ncc(Br)s2)c1. The summed E-state index contributed by atoms with van der Waals surface area (Å²) in [6, 6.07) is 1.15. The molecule has 2 rings (SSSR count). The number of anilines is 1. The largest absolute Gasteiger partial charge is 0.478 e. The number of thiazole rings is 1. The molecule has 0 aliphatic carbocycles. The number of aromatic nitrogens is 1. The van der Waals surface area contributed by atoms with E-state index in [1.54, 1.807) is 6.20 Å². The molecule has 6 nitrogen and oxygen atoms in total. The van der Waals surface area contributed by atoms with Crippen LogP contribution in [0.5, 0.6) is 0 Å². The third kappa shape index (κ3) is 2.71. The van der Waals surface area contributed by atoms with Gasteiger partial charge in [-0.1, -0.05) is 11.3 Å². The number of hydrogen-bond acceptors (Lipinski definition) is 5. The number of carbonyl (C=O) groups excluding carboxylic acids is 1. The summed E-state index contributed by atoms with van der Waals surface area (Å²) in [6.45, 7) is 0. The molecule has 0 unspecified atom stereocenters. The Morgan fingerprint density at radius 1 is 1.53 bits per heavy atom. The smallest absolute Gasteiger partial charge is 0.338 e. The predicted molar refractivity (Wildman–Crippen MR) is 63.4 cm³/mol. The minimum atomic E-state index is -1.15. The number of carboxylic acids is 1. The molecule has 8 heteroatoms. The van der Waals surface area contributed by atoms with Gasteiger partial charge in [0.15, 0.2) is 10.9 Å². The number of hydrogen-bond donors (Lipinski definition) is 2. The van der Waals surface area contributed by atoms with Crippen molar-refractivity contribution >= 4 is 44.3 Å². The Morgan fingerprint density at radius 3 is 2.82 bits per heavy atom. The second-order valence-electron chi connectivity index (χ2n) is 2.93. The fourth-order valence-corrected chi connectivity index (χ4v) is 2.14. The molecule has 17 heavy (non-hydrogen) atoms. The van der Waals surface area contributed by atoms with Crippen LogP contribution in [0.2, 0.25) is 0 Å². The standard InChI is InChI=1S/C9H5BrN2O4S/c10-6-2-11-9(17-6)12-7(13)5-1-4(3-16-5)8(14)15/h1-3H,(H,14,15)(H,11,12,13). The van der Waals surface area contributed by atoms with Crippen LogP contribution in [-0.4, -0.2) is 22.0 Å². The number of nitrogens with zero attached hydrogens (tertiary/aromatic N) is 1. The van der Waals surface area contributed by atoms with E-state index in [9.17, 15) is 9.59 Å². The van der Waals surface area contributed by atoms with Gasteiger partial charge in [0.25, 0.3) is 5.91 Å². The molecule has 0 bridgehead atoms. The van der Waals surface area contributed by atoms with Crippen LogP contribution in [0, 0.1) is 0 Å². The summed E-state index contributed by atoms with van der Waals surface area (Å²) < 4.78 is 5.62. The molecule has 0 saturated carbocycles. The van der Waals surface area contributed by atoms with Crippen molar-refractivity contribution in [2.45, 2.75) is 0 Å². The number of rotatable bonds is 3. The van der Waals surface area contributed by atoms with Crippen molar-refractivity contribution < 1.29 is 19.1 Å². The number of amides is 1. The van der Waals surface area contributed by atoms with Gasteiger partial charge >= 0.3 is 5.97 Å². The fourth-order valence-electron chi connectivity index (χ4n) is 1.04. The highest BCUT2D eigenvalue weighted by molar-refractivity contribution is 9.11. The Bertz CT molecular complexity index is 577. The molecule has 2 N–H and O–H groups in total. The highest BCUT2D eigenvalue weighted by Crippen LogP contribution is 2.23. The average Bonchev–Trinajstić information content (AvgIpc) is 2.86. The molecular formula is C9H5BrN2O4S. The zero-order valence-electron chi connectivity index (χ0n) is 8.14. The lowest BCUT2D eigenvalue weighted by Crippen LogP contribution is -2.10. The first kappa shape index (κ1) is 11.8. The van der Waals surface area contributed by atoms with E-state index in [0.29, 0.717) is 5.13 Å². The van der Waals surface area contributed by atoms with Crippen LogP contribution in [0.4, 0.5) is 5.13 Å². The summed E-state index contributed by atoms with van der Waals surface area (Å²) in [5.41, 5.74) is -0.0736. The van der Waals surface area contributed by atoms with E-state index in [0.717, 1.165) is 16.1 Å². The lowest BCUT2D eigenvalue weighted by Gasteiger charge is -1.96. The van der Waals surface area contributed by atoms with Gasteiger partial charge in [0.1, 0.15) is 6.26 Å². The van der Waals surface area contributed by atoms with Crippen LogP contribution >= 0.6 is 27.3 Å². The number of aromatic carboxylic acids is 1. The van der Waals surface area contributed by atoms with Gasteiger partial charge in [-0.05, 0) is 15.9 Å². The third-order valence-electron chi connectivity index (χ3n) is 1.77. The molecule has 0 spiro atoms. The van der Waals surface area contributed by atoms with Crippen LogP contribution < -0.4 is 5.32 Å². The summed E-state index contributed by atoms with van der Waals surface area (Å²) in [5, 5.41) is 11.5. The lowest BCUT2D eigenvalue weighted by molar-refractivity contribution is 0.0696. The van der Waals surface area contributed by atoms with Crippen molar-refractivity contribution in [3.05, 3.63) is 33.6 Å². The first-order valence-corrected chi connectivity index (χ1v) is 5.91. The van der Waals surface area contributed by atoms with Crippen LogP contribution in [0.1, 0.15) is 20.9 Å². The first-order chi connectivity index (χ1) is 8.06. The molecule has 2 aromatic heterocycles. The van der Waals surface area contributed by atoms with Crippen molar-refractivity contribution in [3.8, 4) is 0 Å². The van der Waals surface area contributed by atoms with Crippen molar-refractivity contribution in [2.24, 2.45) is 0 Å². The van der Waals surface area contributed by atoms with E-state index in [1.807, 2.05) is 0 Å². The third-order valence-corrected chi connectivity index (χ3v) is 3.16. The van der Waals surface area contributed by atoms with Gasteiger partial charge in [-0.25, -0.2) is 9.78 Å². The normalized spacial score (nSPS) is 10.2. The lowest BCUT2D eigenvalue weighted by atomic mass is 10.3. The molecule has 0 aliphatic rings. The zero-order chi connectivity index (χ0) is 12.4. The Balaban J connectivity index is 2.11. The number of nitrogens with one attached hydrogen (secondary N) is 1.